The van der Waals surface area contributed by atoms with E-state index >= 15 is 0 Å². The first-order valence-electron chi connectivity index (χ1n) is 8.26. The molecule has 0 atom stereocenters. The van der Waals surface area contributed by atoms with Crippen molar-refractivity contribution in [1.82, 2.24) is 9.36 Å². The van der Waals surface area contributed by atoms with Gasteiger partial charge in [0.1, 0.15) is 0 Å². The van der Waals surface area contributed by atoms with Crippen molar-refractivity contribution in [3.05, 3.63) is 42.5 Å². The fourth-order valence-electron chi connectivity index (χ4n) is 2.40. The van der Waals surface area contributed by atoms with Gasteiger partial charge in [0.05, 0.1) is 21.3 Å². The summed E-state index contributed by atoms with van der Waals surface area (Å²) in [5.41, 5.74) is 0.750. The Bertz CT molecular complexity index is 960. The number of ether oxygens (including phenoxy) is 4. The lowest BCUT2D eigenvalue weighted by molar-refractivity contribution is -0.118. The van der Waals surface area contributed by atoms with Crippen molar-refractivity contribution in [1.29, 1.82) is 0 Å². The molecule has 1 heterocycles. The van der Waals surface area contributed by atoms with Crippen LogP contribution in [0.15, 0.2) is 42.5 Å². The minimum absolute atomic E-state index is 0.175. The van der Waals surface area contributed by atoms with Crippen LogP contribution in [-0.2, 0) is 4.79 Å². The fraction of sp³-hybridized carbons (Fsp3) is 0.211. The molecule has 0 fully saturated rings. The van der Waals surface area contributed by atoms with Crippen LogP contribution < -0.4 is 24.3 Å². The molecule has 0 unspecified atom stereocenters. The number of anilines is 1. The van der Waals surface area contributed by atoms with Crippen molar-refractivity contribution in [3.63, 3.8) is 0 Å². The van der Waals surface area contributed by atoms with Crippen LogP contribution in [-0.4, -0.2) is 43.2 Å². The molecule has 0 aliphatic heterocycles. The van der Waals surface area contributed by atoms with E-state index in [4.69, 9.17) is 18.9 Å². The predicted molar refractivity (Wildman–Crippen MR) is 106 cm³/mol. The minimum Gasteiger partial charge on any atom is -0.493 e. The summed E-state index contributed by atoms with van der Waals surface area (Å²) in [5, 5.41) is 3.05. The molecule has 0 radical (unpaired) electrons. The zero-order valence-electron chi connectivity index (χ0n) is 15.6. The second kappa shape index (κ2) is 9.05. The molecule has 0 saturated heterocycles. The third kappa shape index (κ3) is 4.49. The lowest BCUT2D eigenvalue weighted by Gasteiger charge is -2.09. The predicted octanol–water partition coefficient (Wildman–Crippen LogP) is 3.25. The third-order valence-corrected chi connectivity index (χ3v) is 4.37. The summed E-state index contributed by atoms with van der Waals surface area (Å²) in [5.74, 6) is 2.37. The fourth-order valence-corrected chi connectivity index (χ4v) is 3.01. The van der Waals surface area contributed by atoms with Crippen molar-refractivity contribution in [2.45, 2.75) is 0 Å². The second-order valence-electron chi connectivity index (χ2n) is 5.48. The van der Waals surface area contributed by atoms with Gasteiger partial charge in [0.15, 0.2) is 35.4 Å². The van der Waals surface area contributed by atoms with Gasteiger partial charge in [-0.2, -0.15) is 9.36 Å². The zero-order chi connectivity index (χ0) is 19.9. The molecule has 28 heavy (non-hydrogen) atoms. The molecule has 0 saturated carbocycles. The van der Waals surface area contributed by atoms with Crippen molar-refractivity contribution in [3.8, 4) is 34.4 Å². The van der Waals surface area contributed by atoms with Crippen LogP contribution in [0.25, 0.3) is 11.4 Å². The maximum Gasteiger partial charge on any atom is 0.264 e. The smallest absolute Gasteiger partial charge is 0.264 e. The number of para-hydroxylation sites is 2. The van der Waals surface area contributed by atoms with E-state index in [2.05, 4.69) is 14.7 Å². The molecule has 1 N–H and O–H groups in total. The summed E-state index contributed by atoms with van der Waals surface area (Å²) >= 11 is 1.08. The first kappa shape index (κ1) is 19.4. The van der Waals surface area contributed by atoms with E-state index < -0.39 is 0 Å². The van der Waals surface area contributed by atoms with E-state index in [0.29, 0.717) is 34.0 Å². The van der Waals surface area contributed by atoms with E-state index in [1.807, 2.05) is 12.1 Å². The molecule has 2 aromatic carbocycles. The summed E-state index contributed by atoms with van der Waals surface area (Å²) in [7, 11) is 4.67. The molecule has 0 bridgehead atoms. The zero-order valence-corrected chi connectivity index (χ0v) is 16.4. The van der Waals surface area contributed by atoms with Crippen molar-refractivity contribution in [2.75, 3.05) is 33.3 Å². The number of rotatable bonds is 8. The number of hydrogen-bond acceptors (Lipinski definition) is 8. The molecule has 0 aliphatic rings. The molecule has 3 rings (SSSR count). The Kier molecular flexibility index (Phi) is 6.28. The first-order valence-corrected chi connectivity index (χ1v) is 9.03. The highest BCUT2D eigenvalue weighted by Crippen LogP contribution is 2.32. The molecule has 146 valence electrons. The topological polar surface area (TPSA) is 91.8 Å². The SMILES string of the molecule is COc1ccc(-c2nsc(NC(=O)COc3ccccc3OC)n2)cc1OC. The molecule has 9 heteroatoms. The van der Waals surface area contributed by atoms with Gasteiger partial charge in [-0.3, -0.25) is 10.1 Å². The number of methoxy groups -OCH3 is 3. The van der Waals surface area contributed by atoms with Crippen LogP contribution in [0.4, 0.5) is 5.13 Å². The molecular formula is C19H19N3O5S. The van der Waals surface area contributed by atoms with Crippen LogP contribution in [0.3, 0.4) is 0 Å². The number of amides is 1. The summed E-state index contributed by atoms with van der Waals surface area (Å²) in [6, 6.07) is 12.5. The van der Waals surface area contributed by atoms with Gasteiger partial charge >= 0.3 is 0 Å². The van der Waals surface area contributed by atoms with Gasteiger partial charge in [-0.1, -0.05) is 12.1 Å². The summed E-state index contributed by atoms with van der Waals surface area (Å²) < 4.78 is 25.5. The van der Waals surface area contributed by atoms with E-state index in [0.717, 1.165) is 17.1 Å². The number of hydrogen-bond donors (Lipinski definition) is 1. The van der Waals surface area contributed by atoms with Gasteiger partial charge < -0.3 is 18.9 Å². The lowest BCUT2D eigenvalue weighted by Crippen LogP contribution is -2.20. The van der Waals surface area contributed by atoms with Crippen molar-refractivity contribution >= 4 is 22.6 Å². The van der Waals surface area contributed by atoms with Gasteiger partial charge in [0.2, 0.25) is 5.13 Å². The first-order chi connectivity index (χ1) is 13.6. The quantitative estimate of drug-likeness (QED) is 0.619. The van der Waals surface area contributed by atoms with Crippen LogP contribution in [0.5, 0.6) is 23.0 Å². The normalized spacial score (nSPS) is 10.2. The average molecular weight is 401 g/mol. The summed E-state index contributed by atoms with van der Waals surface area (Å²) in [4.78, 5) is 16.5. The molecule has 0 aliphatic carbocycles. The van der Waals surface area contributed by atoms with Gasteiger partial charge in [0.25, 0.3) is 5.91 Å². The van der Waals surface area contributed by atoms with Gasteiger partial charge in [0, 0.05) is 17.1 Å². The highest BCUT2D eigenvalue weighted by Gasteiger charge is 2.13. The van der Waals surface area contributed by atoms with Crippen LogP contribution >= 0.6 is 11.5 Å². The van der Waals surface area contributed by atoms with Crippen LogP contribution in [0, 0.1) is 0 Å². The highest BCUT2D eigenvalue weighted by molar-refractivity contribution is 7.10. The molecule has 0 spiro atoms. The minimum atomic E-state index is -0.346. The Morgan fingerprint density at radius 1 is 0.964 bits per heavy atom. The Hall–Kier alpha value is -3.33. The number of benzene rings is 2. The highest BCUT2D eigenvalue weighted by atomic mass is 32.1. The Balaban J connectivity index is 1.63. The Morgan fingerprint density at radius 3 is 2.36 bits per heavy atom. The van der Waals surface area contributed by atoms with E-state index in [9.17, 15) is 4.79 Å². The molecule has 1 amide bonds. The number of aromatic nitrogens is 2. The van der Waals surface area contributed by atoms with Gasteiger partial charge in [-0.05, 0) is 30.3 Å². The second-order valence-corrected chi connectivity index (χ2v) is 6.23. The van der Waals surface area contributed by atoms with E-state index in [1.165, 1.54) is 0 Å². The van der Waals surface area contributed by atoms with E-state index in [-0.39, 0.29) is 12.5 Å². The van der Waals surface area contributed by atoms with Crippen LogP contribution in [0.2, 0.25) is 0 Å². The summed E-state index contributed by atoms with van der Waals surface area (Å²) in [6.07, 6.45) is 0. The number of carbonyl (C=O) groups excluding carboxylic acids is 1. The Labute approximate surface area is 166 Å². The molecule has 8 nitrogen and oxygen atoms in total. The Morgan fingerprint density at radius 2 is 1.64 bits per heavy atom. The lowest BCUT2D eigenvalue weighted by atomic mass is 10.2. The van der Waals surface area contributed by atoms with Crippen LogP contribution in [0.1, 0.15) is 0 Å². The van der Waals surface area contributed by atoms with Gasteiger partial charge in [-0.15, -0.1) is 0 Å². The third-order valence-electron chi connectivity index (χ3n) is 3.74. The van der Waals surface area contributed by atoms with Crippen molar-refractivity contribution < 1.29 is 23.7 Å². The number of nitrogens with one attached hydrogen (secondary N) is 1. The maximum atomic E-state index is 12.1. The number of nitrogens with zero attached hydrogens (tertiary/aromatic N) is 2. The van der Waals surface area contributed by atoms with Gasteiger partial charge in [-0.25, -0.2) is 0 Å². The molecule has 3 aromatic rings. The average Bonchev–Trinajstić information content (AvgIpc) is 3.20. The summed E-state index contributed by atoms with van der Waals surface area (Å²) in [6.45, 7) is -0.175. The standard InChI is InChI=1S/C19H19N3O5S/c1-24-13-6-4-5-7-15(13)27-11-17(23)20-19-21-18(22-28-19)12-8-9-14(25-2)16(10-12)26-3/h4-10H,11H2,1-3H3,(H,20,21,22,23). The number of carbonyl (C=O) groups is 1. The largest absolute Gasteiger partial charge is 0.493 e. The van der Waals surface area contributed by atoms with E-state index in [1.54, 1.807) is 51.7 Å². The maximum absolute atomic E-state index is 12.1. The molecular weight excluding hydrogens is 382 g/mol. The monoisotopic (exact) mass is 401 g/mol. The molecule has 1 aromatic heterocycles. The van der Waals surface area contributed by atoms with Crippen molar-refractivity contribution in [2.24, 2.45) is 0 Å².